The molecule has 2 N–H and O–H groups in total. The topological polar surface area (TPSA) is 58.2 Å². The first-order valence-electron chi connectivity index (χ1n) is 9.17. The number of carbonyl (C=O) groups is 2. The zero-order valence-electron chi connectivity index (χ0n) is 14.3. The second kappa shape index (κ2) is 5.91. The van der Waals surface area contributed by atoms with Crippen LogP contribution in [0.15, 0.2) is 24.3 Å². The molecule has 0 aromatic heterocycles. The lowest BCUT2D eigenvalue weighted by Gasteiger charge is -2.56. The van der Waals surface area contributed by atoms with Crippen LogP contribution >= 0.6 is 0 Å². The SMILES string of the molecule is CNC(=O)c1cccc(NC(=O)CC23CC4CC(CC(C4)C2)C3)c1. The first-order chi connectivity index (χ1) is 11.5. The zero-order valence-corrected chi connectivity index (χ0v) is 14.3. The van der Waals surface area contributed by atoms with E-state index in [0.717, 1.165) is 17.8 Å². The zero-order chi connectivity index (χ0) is 16.7. The third-order valence-corrected chi connectivity index (χ3v) is 6.34. The molecule has 4 aliphatic carbocycles. The lowest BCUT2D eigenvalue weighted by molar-refractivity contribution is -0.124. The van der Waals surface area contributed by atoms with Crippen LogP contribution in [0.4, 0.5) is 5.69 Å². The second-order valence-corrected chi connectivity index (χ2v) is 8.30. The van der Waals surface area contributed by atoms with Crippen molar-refractivity contribution in [3.8, 4) is 0 Å². The molecule has 0 saturated heterocycles. The number of nitrogens with one attached hydrogen (secondary N) is 2. The Bertz CT molecular complexity index is 632. The monoisotopic (exact) mass is 326 g/mol. The number of carbonyl (C=O) groups excluding carboxylic acids is 2. The van der Waals surface area contributed by atoms with Gasteiger partial charge in [0.05, 0.1) is 0 Å². The molecule has 4 aliphatic rings. The predicted octanol–water partition coefficient (Wildman–Crippen LogP) is 3.59. The largest absolute Gasteiger partial charge is 0.355 e. The summed E-state index contributed by atoms with van der Waals surface area (Å²) in [5.41, 5.74) is 1.54. The van der Waals surface area contributed by atoms with Crippen LogP contribution < -0.4 is 10.6 Å². The quantitative estimate of drug-likeness (QED) is 0.888. The molecular formula is C20H26N2O2. The highest BCUT2D eigenvalue weighted by atomic mass is 16.2. The Morgan fingerprint density at radius 3 is 2.29 bits per heavy atom. The Morgan fingerprint density at radius 2 is 1.71 bits per heavy atom. The van der Waals surface area contributed by atoms with Gasteiger partial charge in [-0.05, 0) is 79.9 Å². The van der Waals surface area contributed by atoms with Gasteiger partial charge in [0.2, 0.25) is 5.91 Å². The predicted molar refractivity (Wildman–Crippen MR) is 93.7 cm³/mol. The van der Waals surface area contributed by atoms with E-state index in [-0.39, 0.29) is 17.2 Å². The maximum absolute atomic E-state index is 12.6. The average Bonchev–Trinajstić information content (AvgIpc) is 2.52. The molecule has 128 valence electrons. The van der Waals surface area contributed by atoms with E-state index >= 15 is 0 Å². The van der Waals surface area contributed by atoms with Crippen molar-refractivity contribution in [3.63, 3.8) is 0 Å². The number of hydrogen-bond donors (Lipinski definition) is 2. The van der Waals surface area contributed by atoms with Crippen molar-refractivity contribution < 1.29 is 9.59 Å². The maximum atomic E-state index is 12.6. The molecule has 2 amide bonds. The van der Waals surface area contributed by atoms with Crippen molar-refractivity contribution in [1.29, 1.82) is 0 Å². The van der Waals surface area contributed by atoms with Crippen LogP contribution in [0.1, 0.15) is 55.3 Å². The Morgan fingerprint density at radius 1 is 1.08 bits per heavy atom. The van der Waals surface area contributed by atoms with Crippen LogP contribution in [0.25, 0.3) is 0 Å². The van der Waals surface area contributed by atoms with Crippen molar-refractivity contribution in [3.05, 3.63) is 29.8 Å². The molecule has 4 fully saturated rings. The number of rotatable bonds is 4. The van der Waals surface area contributed by atoms with E-state index in [1.165, 1.54) is 38.5 Å². The maximum Gasteiger partial charge on any atom is 0.251 e. The standard InChI is InChI=1S/C20H26N2O2/c1-21-19(24)16-3-2-4-17(8-16)22-18(23)12-20-9-13-5-14(10-20)7-15(6-13)11-20/h2-4,8,13-15H,5-7,9-12H2,1H3,(H,21,24)(H,22,23). The van der Waals surface area contributed by atoms with Gasteiger partial charge < -0.3 is 10.6 Å². The summed E-state index contributed by atoms with van der Waals surface area (Å²) in [5.74, 6) is 2.56. The fraction of sp³-hybridized carbons (Fsp3) is 0.600. The summed E-state index contributed by atoms with van der Waals surface area (Å²) in [6, 6.07) is 7.17. The molecule has 0 aliphatic heterocycles. The third-order valence-electron chi connectivity index (χ3n) is 6.34. The van der Waals surface area contributed by atoms with E-state index in [0.29, 0.717) is 17.7 Å². The van der Waals surface area contributed by atoms with E-state index in [4.69, 9.17) is 0 Å². The van der Waals surface area contributed by atoms with E-state index < -0.39 is 0 Å². The minimum absolute atomic E-state index is 0.103. The molecule has 0 atom stereocenters. The van der Waals surface area contributed by atoms with Crippen LogP contribution in [-0.4, -0.2) is 18.9 Å². The summed E-state index contributed by atoms with van der Waals surface area (Å²) in [5, 5.41) is 5.63. The van der Waals surface area contributed by atoms with Crippen molar-refractivity contribution in [2.24, 2.45) is 23.2 Å². The normalized spacial score (nSPS) is 33.3. The lowest BCUT2D eigenvalue weighted by Crippen LogP contribution is -2.47. The summed E-state index contributed by atoms with van der Waals surface area (Å²) in [7, 11) is 1.61. The van der Waals surface area contributed by atoms with Gasteiger partial charge >= 0.3 is 0 Å². The van der Waals surface area contributed by atoms with Crippen LogP contribution in [0.2, 0.25) is 0 Å². The molecule has 4 heteroatoms. The van der Waals surface area contributed by atoms with Crippen molar-refractivity contribution in [1.82, 2.24) is 5.32 Å². The van der Waals surface area contributed by atoms with Crippen molar-refractivity contribution >= 4 is 17.5 Å². The molecule has 0 heterocycles. The number of anilines is 1. The van der Waals surface area contributed by atoms with Crippen molar-refractivity contribution in [2.75, 3.05) is 12.4 Å². The van der Waals surface area contributed by atoms with Crippen molar-refractivity contribution in [2.45, 2.75) is 44.9 Å². The highest BCUT2D eigenvalue weighted by Gasteiger charge is 2.51. The fourth-order valence-corrected chi connectivity index (χ4v) is 5.93. The van der Waals surface area contributed by atoms with Gasteiger partial charge in [0.1, 0.15) is 0 Å². The molecule has 4 saturated carbocycles. The van der Waals surface area contributed by atoms with Gasteiger partial charge in [-0.25, -0.2) is 0 Å². The van der Waals surface area contributed by atoms with Crippen LogP contribution in [0.5, 0.6) is 0 Å². The smallest absolute Gasteiger partial charge is 0.251 e. The minimum Gasteiger partial charge on any atom is -0.355 e. The molecule has 0 radical (unpaired) electrons. The third kappa shape index (κ3) is 2.94. The summed E-state index contributed by atoms with van der Waals surface area (Å²) in [4.78, 5) is 24.4. The summed E-state index contributed by atoms with van der Waals surface area (Å²) < 4.78 is 0. The number of hydrogen-bond acceptors (Lipinski definition) is 2. The molecule has 1 aromatic rings. The van der Waals surface area contributed by atoms with Gasteiger partial charge in [-0.3, -0.25) is 9.59 Å². The lowest BCUT2D eigenvalue weighted by atomic mass is 9.49. The summed E-state index contributed by atoms with van der Waals surface area (Å²) in [6.45, 7) is 0. The second-order valence-electron chi connectivity index (χ2n) is 8.30. The molecule has 5 rings (SSSR count). The van der Waals surface area contributed by atoms with E-state index in [9.17, 15) is 9.59 Å². The number of amides is 2. The first kappa shape index (κ1) is 15.7. The summed E-state index contributed by atoms with van der Waals surface area (Å²) >= 11 is 0. The van der Waals surface area contributed by atoms with Crippen LogP contribution in [0, 0.1) is 23.2 Å². The van der Waals surface area contributed by atoms with Gasteiger partial charge in [0.15, 0.2) is 0 Å². The van der Waals surface area contributed by atoms with E-state index in [1.54, 1.807) is 19.2 Å². The van der Waals surface area contributed by atoms with Gasteiger partial charge in [0.25, 0.3) is 5.91 Å². The van der Waals surface area contributed by atoms with Crippen LogP contribution in [-0.2, 0) is 4.79 Å². The Hall–Kier alpha value is -1.84. The van der Waals surface area contributed by atoms with Gasteiger partial charge in [0, 0.05) is 24.7 Å². The first-order valence-corrected chi connectivity index (χ1v) is 9.17. The van der Waals surface area contributed by atoms with Gasteiger partial charge in [-0.15, -0.1) is 0 Å². The number of benzene rings is 1. The Balaban J connectivity index is 1.43. The van der Waals surface area contributed by atoms with E-state index in [2.05, 4.69) is 10.6 Å². The summed E-state index contributed by atoms with van der Waals surface area (Å²) in [6.07, 6.45) is 8.56. The van der Waals surface area contributed by atoms with Gasteiger partial charge in [-0.1, -0.05) is 6.07 Å². The molecular weight excluding hydrogens is 300 g/mol. The molecule has 1 aromatic carbocycles. The van der Waals surface area contributed by atoms with Gasteiger partial charge in [-0.2, -0.15) is 0 Å². The highest BCUT2D eigenvalue weighted by Crippen LogP contribution is 2.61. The molecule has 0 spiro atoms. The molecule has 24 heavy (non-hydrogen) atoms. The minimum atomic E-state index is -0.132. The average molecular weight is 326 g/mol. The van der Waals surface area contributed by atoms with E-state index in [1.807, 2.05) is 12.1 Å². The Labute approximate surface area is 143 Å². The Kier molecular flexibility index (Phi) is 3.86. The molecule has 4 bridgehead atoms. The fourth-order valence-electron chi connectivity index (χ4n) is 5.93. The molecule has 0 unspecified atom stereocenters. The molecule has 4 nitrogen and oxygen atoms in total. The van der Waals surface area contributed by atoms with Crippen LogP contribution in [0.3, 0.4) is 0 Å². The highest BCUT2D eigenvalue weighted by molar-refractivity contribution is 5.97.